The van der Waals surface area contributed by atoms with Crippen molar-refractivity contribution in [1.29, 1.82) is 0 Å². The zero-order valence-electron chi connectivity index (χ0n) is 8.60. The largest absolute Gasteiger partial charge is 0.459 e. The summed E-state index contributed by atoms with van der Waals surface area (Å²) in [5.41, 5.74) is 1.88. The predicted molar refractivity (Wildman–Crippen MR) is 62.1 cm³/mol. The van der Waals surface area contributed by atoms with Gasteiger partial charge in [0.1, 0.15) is 11.3 Å². The van der Waals surface area contributed by atoms with Gasteiger partial charge < -0.3 is 9.73 Å². The van der Waals surface area contributed by atoms with Gasteiger partial charge in [0.05, 0.1) is 18.4 Å². The number of fused-ring (bicyclic) bond motifs is 1. The summed E-state index contributed by atoms with van der Waals surface area (Å²) in [6, 6.07) is 10.0. The molecule has 0 bridgehead atoms. The van der Waals surface area contributed by atoms with Crippen molar-refractivity contribution in [2.45, 2.75) is 6.54 Å². The molecule has 0 fully saturated rings. The molecule has 4 heteroatoms. The van der Waals surface area contributed by atoms with E-state index in [4.69, 9.17) is 4.42 Å². The Kier molecular flexibility index (Phi) is 2.11. The first-order valence-corrected chi connectivity index (χ1v) is 5.12. The molecular weight excluding hydrogens is 202 g/mol. The summed E-state index contributed by atoms with van der Waals surface area (Å²) in [6.45, 7) is 0.661. The molecular formula is C12H11N3O. The van der Waals surface area contributed by atoms with Crippen LogP contribution in [-0.4, -0.2) is 10.2 Å². The topological polar surface area (TPSA) is 53.9 Å². The van der Waals surface area contributed by atoms with Gasteiger partial charge in [-0.15, -0.1) is 0 Å². The Morgan fingerprint density at radius 2 is 2.25 bits per heavy atom. The van der Waals surface area contributed by atoms with Crippen LogP contribution in [0.25, 0.3) is 11.0 Å². The zero-order valence-corrected chi connectivity index (χ0v) is 8.60. The third-order valence-corrected chi connectivity index (χ3v) is 2.44. The van der Waals surface area contributed by atoms with Crippen molar-refractivity contribution in [3.05, 3.63) is 48.5 Å². The van der Waals surface area contributed by atoms with Crippen molar-refractivity contribution in [2.24, 2.45) is 0 Å². The van der Waals surface area contributed by atoms with Crippen LogP contribution in [0.4, 0.5) is 5.69 Å². The second kappa shape index (κ2) is 3.73. The Hall–Kier alpha value is -2.23. The highest BCUT2D eigenvalue weighted by atomic mass is 16.3. The Balaban J connectivity index is 1.79. The minimum Gasteiger partial charge on any atom is -0.459 e. The van der Waals surface area contributed by atoms with Gasteiger partial charge in [-0.2, -0.15) is 5.10 Å². The normalized spacial score (nSPS) is 10.8. The third-order valence-electron chi connectivity index (χ3n) is 2.44. The summed E-state index contributed by atoms with van der Waals surface area (Å²) in [6.07, 6.45) is 3.55. The van der Waals surface area contributed by atoms with Crippen LogP contribution < -0.4 is 5.32 Å². The molecule has 2 aromatic heterocycles. The maximum Gasteiger partial charge on any atom is 0.134 e. The van der Waals surface area contributed by atoms with Crippen LogP contribution in [0.1, 0.15) is 5.76 Å². The molecule has 2 N–H and O–H groups in total. The highest BCUT2D eigenvalue weighted by molar-refractivity contribution is 5.77. The van der Waals surface area contributed by atoms with Crippen LogP contribution in [0, 0.1) is 0 Å². The van der Waals surface area contributed by atoms with Crippen molar-refractivity contribution >= 4 is 16.7 Å². The standard InChI is InChI=1S/C12H11N3O/c1-2-4-12-9(3-1)5-11(16-12)8-13-10-6-14-15-7-10/h1-7,13H,8H2,(H,14,15). The maximum absolute atomic E-state index is 5.67. The molecule has 0 aliphatic rings. The lowest BCUT2D eigenvalue weighted by molar-refractivity contribution is 0.559. The minimum absolute atomic E-state index is 0.661. The van der Waals surface area contributed by atoms with E-state index < -0.39 is 0 Å². The van der Waals surface area contributed by atoms with E-state index in [2.05, 4.69) is 15.5 Å². The van der Waals surface area contributed by atoms with Gasteiger partial charge in [-0.1, -0.05) is 18.2 Å². The summed E-state index contributed by atoms with van der Waals surface area (Å²) in [7, 11) is 0. The fraction of sp³-hybridized carbons (Fsp3) is 0.0833. The molecule has 0 unspecified atom stereocenters. The first-order valence-electron chi connectivity index (χ1n) is 5.12. The summed E-state index contributed by atoms with van der Waals surface area (Å²) in [4.78, 5) is 0. The lowest BCUT2D eigenvalue weighted by Crippen LogP contribution is -1.96. The average Bonchev–Trinajstić information content (AvgIpc) is 2.95. The average molecular weight is 213 g/mol. The van der Waals surface area contributed by atoms with Crippen molar-refractivity contribution in [3.63, 3.8) is 0 Å². The quantitative estimate of drug-likeness (QED) is 0.703. The van der Waals surface area contributed by atoms with E-state index in [0.717, 1.165) is 22.4 Å². The fourth-order valence-electron chi connectivity index (χ4n) is 1.66. The molecule has 0 saturated heterocycles. The second-order valence-corrected chi connectivity index (χ2v) is 3.59. The van der Waals surface area contributed by atoms with Crippen molar-refractivity contribution in [1.82, 2.24) is 10.2 Å². The summed E-state index contributed by atoms with van der Waals surface area (Å²) in [5.74, 6) is 0.919. The lowest BCUT2D eigenvalue weighted by atomic mass is 10.2. The molecule has 16 heavy (non-hydrogen) atoms. The number of hydrogen-bond donors (Lipinski definition) is 2. The van der Waals surface area contributed by atoms with E-state index in [-0.39, 0.29) is 0 Å². The van der Waals surface area contributed by atoms with E-state index in [1.54, 1.807) is 6.20 Å². The molecule has 3 aromatic rings. The molecule has 2 heterocycles. The number of aromatic nitrogens is 2. The third kappa shape index (κ3) is 1.65. The number of nitrogens with zero attached hydrogens (tertiary/aromatic N) is 1. The number of rotatable bonds is 3. The number of para-hydroxylation sites is 1. The van der Waals surface area contributed by atoms with Crippen LogP contribution in [0.15, 0.2) is 47.1 Å². The van der Waals surface area contributed by atoms with Gasteiger partial charge in [0.25, 0.3) is 0 Å². The predicted octanol–water partition coefficient (Wildman–Crippen LogP) is 2.77. The molecule has 0 saturated carbocycles. The molecule has 0 aliphatic carbocycles. The van der Waals surface area contributed by atoms with Crippen molar-refractivity contribution in [2.75, 3.05) is 5.32 Å². The van der Waals surface area contributed by atoms with Gasteiger partial charge in [-0.3, -0.25) is 5.10 Å². The van der Waals surface area contributed by atoms with Gasteiger partial charge in [-0.25, -0.2) is 0 Å². The number of nitrogens with one attached hydrogen (secondary N) is 2. The molecule has 0 atom stereocenters. The van der Waals surface area contributed by atoms with Crippen LogP contribution in [0.5, 0.6) is 0 Å². The Morgan fingerprint density at radius 1 is 1.31 bits per heavy atom. The van der Waals surface area contributed by atoms with Crippen LogP contribution in [0.2, 0.25) is 0 Å². The fourth-order valence-corrected chi connectivity index (χ4v) is 1.66. The Labute approximate surface area is 92.3 Å². The van der Waals surface area contributed by atoms with Gasteiger partial charge in [-0.05, 0) is 12.1 Å². The number of furan rings is 1. The molecule has 0 radical (unpaired) electrons. The molecule has 0 amide bonds. The molecule has 1 aromatic carbocycles. The van der Waals surface area contributed by atoms with Gasteiger partial charge >= 0.3 is 0 Å². The molecule has 3 rings (SSSR count). The van der Waals surface area contributed by atoms with Crippen LogP contribution in [-0.2, 0) is 6.54 Å². The van der Waals surface area contributed by atoms with E-state index in [0.29, 0.717) is 6.54 Å². The molecule has 0 aliphatic heterocycles. The summed E-state index contributed by atoms with van der Waals surface area (Å²) < 4.78 is 5.67. The van der Waals surface area contributed by atoms with Gasteiger partial charge in [0.2, 0.25) is 0 Å². The van der Waals surface area contributed by atoms with E-state index in [9.17, 15) is 0 Å². The molecule has 80 valence electrons. The summed E-state index contributed by atoms with van der Waals surface area (Å²) >= 11 is 0. The first kappa shape index (κ1) is 9.03. The number of H-pyrrole nitrogens is 1. The van der Waals surface area contributed by atoms with Gasteiger partial charge in [0.15, 0.2) is 0 Å². The van der Waals surface area contributed by atoms with Crippen LogP contribution in [0.3, 0.4) is 0 Å². The highest BCUT2D eigenvalue weighted by Gasteiger charge is 2.02. The summed E-state index contributed by atoms with van der Waals surface area (Å²) in [5, 5.41) is 11.0. The smallest absolute Gasteiger partial charge is 0.134 e. The monoisotopic (exact) mass is 213 g/mol. The maximum atomic E-state index is 5.67. The number of anilines is 1. The van der Waals surface area contributed by atoms with Crippen molar-refractivity contribution in [3.8, 4) is 0 Å². The van der Waals surface area contributed by atoms with Crippen LogP contribution >= 0.6 is 0 Å². The number of aromatic amines is 1. The first-order chi connectivity index (χ1) is 7.92. The number of benzene rings is 1. The lowest BCUT2D eigenvalue weighted by Gasteiger charge is -1.98. The van der Waals surface area contributed by atoms with E-state index >= 15 is 0 Å². The van der Waals surface area contributed by atoms with Crippen molar-refractivity contribution < 1.29 is 4.42 Å². The second-order valence-electron chi connectivity index (χ2n) is 3.59. The van der Waals surface area contributed by atoms with Gasteiger partial charge in [0, 0.05) is 11.6 Å². The SMILES string of the molecule is c1ccc2oc(CNc3cn[nH]c3)cc2c1. The van der Waals surface area contributed by atoms with E-state index in [1.807, 2.05) is 36.5 Å². The minimum atomic E-state index is 0.661. The molecule has 0 spiro atoms. The molecule has 4 nitrogen and oxygen atoms in total. The number of hydrogen-bond acceptors (Lipinski definition) is 3. The highest BCUT2D eigenvalue weighted by Crippen LogP contribution is 2.19. The Bertz CT molecular complexity index is 550. The zero-order chi connectivity index (χ0) is 10.8. The van der Waals surface area contributed by atoms with E-state index in [1.165, 1.54) is 0 Å². The Morgan fingerprint density at radius 3 is 3.06 bits per heavy atom.